The maximum Gasteiger partial charge on any atom is 0.0836 e. The first kappa shape index (κ1) is 24.5. The molecule has 0 unspecified atom stereocenters. The number of hydrogen-bond donors (Lipinski definition) is 0. The predicted octanol–water partition coefficient (Wildman–Crippen LogP) is 8.61. The number of benzene rings is 1. The Labute approximate surface area is 172 Å². The van der Waals surface area contributed by atoms with Crippen LogP contribution in [0.25, 0.3) is 0 Å². The molecule has 0 nitrogen and oxygen atoms in total. The second kappa shape index (κ2) is 16.4. The predicted molar refractivity (Wildman–Crippen MR) is 127 cm³/mol. The maximum atomic E-state index is 2.66. The second-order valence-corrected chi connectivity index (χ2v) is 13.5. The topological polar surface area (TPSA) is 0 Å². The lowest BCUT2D eigenvalue weighted by molar-refractivity contribution is 0.532. The Morgan fingerprint density at radius 3 is 1.44 bits per heavy atom. The lowest BCUT2D eigenvalue weighted by atomic mass is 10.0. The Hall–Kier alpha value is -0.563. The SMILES string of the molecule is CCCCCCCCCCCCCCCCC[CH][Si](C)(C)c1ccccc1. The minimum absolute atomic E-state index is 1.31. The van der Waals surface area contributed by atoms with Crippen LogP contribution in [0.15, 0.2) is 30.3 Å². The maximum absolute atomic E-state index is 2.66. The van der Waals surface area contributed by atoms with E-state index in [9.17, 15) is 0 Å². The van der Waals surface area contributed by atoms with Crippen LogP contribution in [0.1, 0.15) is 110 Å². The number of unbranched alkanes of at least 4 members (excludes halogenated alkanes) is 15. The van der Waals surface area contributed by atoms with Gasteiger partial charge in [-0.15, -0.1) is 0 Å². The van der Waals surface area contributed by atoms with Crippen LogP contribution >= 0.6 is 0 Å². The van der Waals surface area contributed by atoms with Crippen molar-refractivity contribution in [3.8, 4) is 0 Å². The average molecular weight is 388 g/mol. The Morgan fingerprint density at radius 2 is 1.00 bits per heavy atom. The van der Waals surface area contributed by atoms with E-state index < -0.39 is 8.07 Å². The molecule has 1 aromatic rings. The first-order valence-electron chi connectivity index (χ1n) is 12.1. The van der Waals surface area contributed by atoms with Gasteiger partial charge < -0.3 is 0 Å². The molecule has 0 amide bonds. The van der Waals surface area contributed by atoms with E-state index in [1.807, 2.05) is 0 Å². The Balaban J connectivity index is 1.83. The van der Waals surface area contributed by atoms with Gasteiger partial charge in [0, 0.05) is 0 Å². The molecule has 1 rings (SSSR count). The molecular weight excluding hydrogens is 340 g/mol. The minimum atomic E-state index is -1.31. The molecule has 0 spiro atoms. The standard InChI is InChI=1S/C26H47Si/c1-4-5-6-7-8-9-10-11-12-13-14-15-16-17-18-22-25-27(2,3)26-23-20-19-21-24-26/h19-21,23-25H,4-18,22H2,1-3H3. The summed E-state index contributed by atoms with van der Waals surface area (Å²) in [5, 5.41) is 1.57. The molecule has 0 atom stereocenters. The van der Waals surface area contributed by atoms with Crippen molar-refractivity contribution in [2.75, 3.05) is 0 Å². The van der Waals surface area contributed by atoms with Crippen molar-refractivity contribution in [3.63, 3.8) is 0 Å². The zero-order valence-electron chi connectivity index (χ0n) is 18.8. The van der Waals surface area contributed by atoms with E-state index in [4.69, 9.17) is 0 Å². The molecule has 0 saturated carbocycles. The van der Waals surface area contributed by atoms with Gasteiger partial charge in [-0.05, 0) is 6.04 Å². The van der Waals surface area contributed by atoms with E-state index in [2.05, 4.69) is 56.4 Å². The molecule has 0 bridgehead atoms. The van der Waals surface area contributed by atoms with Gasteiger partial charge in [0.2, 0.25) is 0 Å². The Bertz CT molecular complexity index is 423. The highest BCUT2D eigenvalue weighted by Gasteiger charge is 2.22. The summed E-state index contributed by atoms with van der Waals surface area (Å²) in [4.78, 5) is 0. The number of hydrogen-bond acceptors (Lipinski definition) is 0. The zero-order valence-corrected chi connectivity index (χ0v) is 19.8. The summed E-state index contributed by atoms with van der Waals surface area (Å²) in [5.41, 5.74) is 0. The molecular formula is C26H47Si. The lowest BCUT2D eigenvalue weighted by Gasteiger charge is -2.22. The monoisotopic (exact) mass is 387 g/mol. The molecule has 0 aromatic heterocycles. The van der Waals surface area contributed by atoms with Crippen LogP contribution in [0.5, 0.6) is 0 Å². The fourth-order valence-electron chi connectivity index (χ4n) is 3.96. The smallest absolute Gasteiger partial charge is 0.0654 e. The Kier molecular flexibility index (Phi) is 14.9. The van der Waals surface area contributed by atoms with Crippen molar-refractivity contribution >= 4 is 13.3 Å². The third-order valence-corrected chi connectivity index (χ3v) is 9.11. The van der Waals surface area contributed by atoms with Gasteiger partial charge >= 0.3 is 0 Å². The molecule has 0 aliphatic carbocycles. The van der Waals surface area contributed by atoms with E-state index in [0.717, 1.165) is 0 Å². The van der Waals surface area contributed by atoms with Crippen molar-refractivity contribution in [1.82, 2.24) is 0 Å². The van der Waals surface area contributed by atoms with Crippen molar-refractivity contribution in [3.05, 3.63) is 36.4 Å². The van der Waals surface area contributed by atoms with Crippen molar-refractivity contribution in [2.45, 2.75) is 123 Å². The molecule has 0 saturated heterocycles. The van der Waals surface area contributed by atoms with Crippen LogP contribution < -0.4 is 5.19 Å². The van der Waals surface area contributed by atoms with E-state index >= 15 is 0 Å². The fourth-order valence-corrected chi connectivity index (χ4v) is 6.18. The highest BCUT2D eigenvalue weighted by Crippen LogP contribution is 2.16. The molecule has 0 fully saturated rings. The summed E-state index contributed by atoms with van der Waals surface area (Å²) < 4.78 is 0. The van der Waals surface area contributed by atoms with Crippen LogP contribution in [0.2, 0.25) is 13.1 Å². The third kappa shape index (κ3) is 13.3. The minimum Gasteiger partial charge on any atom is -0.0654 e. The first-order chi connectivity index (χ1) is 13.2. The summed E-state index contributed by atoms with van der Waals surface area (Å²) >= 11 is 0. The van der Waals surface area contributed by atoms with Gasteiger partial charge in [-0.3, -0.25) is 0 Å². The van der Waals surface area contributed by atoms with Gasteiger partial charge in [-0.25, -0.2) is 0 Å². The molecule has 0 N–H and O–H groups in total. The summed E-state index contributed by atoms with van der Waals surface area (Å²) in [6, 6.07) is 13.8. The normalized spacial score (nSPS) is 11.8. The summed E-state index contributed by atoms with van der Waals surface area (Å²) in [7, 11) is -1.31. The van der Waals surface area contributed by atoms with Crippen molar-refractivity contribution < 1.29 is 0 Å². The summed E-state index contributed by atoms with van der Waals surface area (Å²) in [6.45, 7) is 7.26. The van der Waals surface area contributed by atoms with E-state index in [1.54, 1.807) is 5.19 Å². The van der Waals surface area contributed by atoms with E-state index in [0.29, 0.717) is 0 Å². The molecule has 155 valence electrons. The molecule has 0 heterocycles. The third-order valence-electron chi connectivity index (χ3n) is 5.98. The molecule has 1 aromatic carbocycles. The highest BCUT2D eigenvalue weighted by molar-refractivity contribution is 6.92. The molecule has 0 aliphatic heterocycles. The number of rotatable bonds is 18. The van der Waals surface area contributed by atoms with Crippen LogP contribution in [0.3, 0.4) is 0 Å². The van der Waals surface area contributed by atoms with Gasteiger partial charge in [0.1, 0.15) is 0 Å². The zero-order chi connectivity index (χ0) is 19.6. The lowest BCUT2D eigenvalue weighted by Crippen LogP contribution is -2.42. The van der Waals surface area contributed by atoms with Crippen LogP contribution in [0, 0.1) is 6.04 Å². The van der Waals surface area contributed by atoms with Gasteiger partial charge in [0.25, 0.3) is 0 Å². The molecule has 27 heavy (non-hydrogen) atoms. The summed E-state index contributed by atoms with van der Waals surface area (Å²) in [6.07, 6.45) is 23.1. The van der Waals surface area contributed by atoms with E-state index in [-0.39, 0.29) is 0 Å². The van der Waals surface area contributed by atoms with Crippen molar-refractivity contribution in [1.29, 1.82) is 0 Å². The van der Waals surface area contributed by atoms with Gasteiger partial charge in [-0.2, -0.15) is 0 Å². The van der Waals surface area contributed by atoms with Crippen molar-refractivity contribution in [2.24, 2.45) is 0 Å². The largest absolute Gasteiger partial charge is 0.0836 e. The summed E-state index contributed by atoms with van der Waals surface area (Å²) in [5.74, 6) is 0. The quantitative estimate of drug-likeness (QED) is 0.175. The van der Waals surface area contributed by atoms with Gasteiger partial charge in [-0.1, -0.05) is 158 Å². The average Bonchev–Trinajstić information content (AvgIpc) is 2.68. The molecule has 1 radical (unpaired) electrons. The molecule has 0 aliphatic rings. The highest BCUT2D eigenvalue weighted by atomic mass is 28.3. The van der Waals surface area contributed by atoms with Gasteiger partial charge in [0.15, 0.2) is 0 Å². The fraction of sp³-hybridized carbons (Fsp3) is 0.731. The van der Waals surface area contributed by atoms with Crippen LogP contribution in [0.4, 0.5) is 0 Å². The van der Waals surface area contributed by atoms with E-state index in [1.165, 1.54) is 103 Å². The second-order valence-electron chi connectivity index (χ2n) is 9.03. The molecule has 1 heteroatoms. The first-order valence-corrected chi connectivity index (χ1v) is 15.1. The Morgan fingerprint density at radius 1 is 0.593 bits per heavy atom. The van der Waals surface area contributed by atoms with Crippen LogP contribution in [-0.2, 0) is 0 Å². The van der Waals surface area contributed by atoms with Gasteiger partial charge in [0.05, 0.1) is 8.07 Å². The van der Waals surface area contributed by atoms with Crippen LogP contribution in [-0.4, -0.2) is 8.07 Å².